The lowest BCUT2D eigenvalue weighted by Gasteiger charge is -2.40. The summed E-state index contributed by atoms with van der Waals surface area (Å²) in [5, 5.41) is 54.4. The maximum atomic E-state index is 13.0. The molecule has 1 aliphatic rings. The third-order valence-corrected chi connectivity index (χ3v) is 12.9. The van der Waals surface area contributed by atoms with E-state index in [1.54, 1.807) is 6.08 Å². The Balaban J connectivity index is 2.17. The topological polar surface area (TPSA) is 149 Å². The van der Waals surface area contributed by atoms with E-state index < -0.39 is 49.5 Å². The van der Waals surface area contributed by atoms with Crippen molar-refractivity contribution in [3.8, 4) is 0 Å². The van der Waals surface area contributed by atoms with Gasteiger partial charge in [0.05, 0.1) is 25.4 Å². The van der Waals surface area contributed by atoms with Gasteiger partial charge in [0.25, 0.3) is 0 Å². The zero-order chi connectivity index (χ0) is 50.8. The van der Waals surface area contributed by atoms with Crippen LogP contribution in [0, 0.1) is 0 Å². The van der Waals surface area contributed by atoms with Crippen molar-refractivity contribution < 1.29 is 39.8 Å². The number of unbranched alkanes of at least 4 members (excludes halogenated alkanes) is 23. The molecule has 0 aromatic rings. The summed E-state index contributed by atoms with van der Waals surface area (Å²) in [4.78, 5) is 13.0. The molecule has 9 heteroatoms. The Bertz CT molecular complexity index is 1420. The molecule has 402 valence electrons. The zero-order valence-corrected chi connectivity index (χ0v) is 44.5. The van der Waals surface area contributed by atoms with Crippen molar-refractivity contribution in [2.45, 2.75) is 269 Å². The van der Waals surface area contributed by atoms with E-state index in [0.29, 0.717) is 6.42 Å². The van der Waals surface area contributed by atoms with E-state index in [0.717, 1.165) is 77.0 Å². The van der Waals surface area contributed by atoms with Gasteiger partial charge in [0.2, 0.25) is 5.91 Å². The van der Waals surface area contributed by atoms with Crippen LogP contribution >= 0.6 is 0 Å². The highest BCUT2D eigenvalue weighted by atomic mass is 16.7. The van der Waals surface area contributed by atoms with Gasteiger partial charge in [-0.3, -0.25) is 4.79 Å². The Hall–Kier alpha value is -2.89. The maximum absolute atomic E-state index is 13.0. The molecule has 0 saturated carbocycles. The number of aliphatic hydroxyl groups excluding tert-OH is 5. The molecule has 0 aromatic carbocycles. The third kappa shape index (κ3) is 38.7. The molecule has 9 nitrogen and oxygen atoms in total. The molecule has 6 N–H and O–H groups in total. The molecule has 1 amide bonds. The molecule has 0 bridgehead atoms. The van der Waals surface area contributed by atoms with Crippen LogP contribution in [-0.4, -0.2) is 87.5 Å². The molecule has 7 atom stereocenters. The molecule has 1 fully saturated rings. The van der Waals surface area contributed by atoms with Crippen LogP contribution in [-0.2, 0) is 14.3 Å². The van der Waals surface area contributed by atoms with Gasteiger partial charge in [0.15, 0.2) is 6.29 Å². The second kappa shape index (κ2) is 49.7. The Morgan fingerprint density at radius 2 is 0.900 bits per heavy atom. The molecular weight excluding hydrogens is 875 g/mol. The highest BCUT2D eigenvalue weighted by Gasteiger charge is 2.44. The monoisotopic (exact) mass is 980 g/mol. The summed E-state index contributed by atoms with van der Waals surface area (Å²) >= 11 is 0. The van der Waals surface area contributed by atoms with E-state index >= 15 is 0 Å². The quantitative estimate of drug-likeness (QED) is 0.0261. The van der Waals surface area contributed by atoms with Gasteiger partial charge in [-0.25, -0.2) is 0 Å². The number of carbonyl (C=O) groups is 1. The van der Waals surface area contributed by atoms with Gasteiger partial charge in [0, 0.05) is 6.42 Å². The number of allylic oxidation sites excluding steroid dienone is 15. The number of ether oxygens (including phenoxy) is 2. The average Bonchev–Trinajstić information content (AvgIpc) is 3.36. The molecular formula is C61H105NO8. The first kappa shape index (κ1) is 65.1. The van der Waals surface area contributed by atoms with Crippen LogP contribution in [0.4, 0.5) is 0 Å². The number of hydrogen-bond donors (Lipinski definition) is 6. The van der Waals surface area contributed by atoms with Crippen LogP contribution in [0.25, 0.3) is 0 Å². The van der Waals surface area contributed by atoms with Gasteiger partial charge in [-0.2, -0.15) is 0 Å². The summed E-state index contributed by atoms with van der Waals surface area (Å²) in [7, 11) is 0. The van der Waals surface area contributed by atoms with Crippen LogP contribution in [0.2, 0.25) is 0 Å². The minimum Gasteiger partial charge on any atom is -0.394 e. The standard InChI is InChI=1S/C61H105NO8/c1-3-5-7-9-11-13-15-17-19-20-21-22-23-24-25-26-27-28-29-30-31-32-33-34-35-36-37-39-41-43-45-47-49-51-57(65)62-54(53-69-61-60(68)59(67)58(66)56(52-63)70-61)55(64)50-48-46-44-42-40-38-18-16-14-12-10-8-6-4-2/h5,7,11,13,17,19,21-22,24-25,27-28,40,42,48,50,54-56,58-61,63-64,66-68H,3-4,6,8-10,12,14-16,18,20,23,26,29-39,41,43-47,49,51-53H2,1-2H3,(H,62,65)/b7-5-,13-11-,19-17-,22-21-,25-24-,28-27-,42-40+,50-48+. The van der Waals surface area contributed by atoms with Crippen LogP contribution in [0.1, 0.15) is 226 Å². The highest BCUT2D eigenvalue weighted by molar-refractivity contribution is 5.76. The highest BCUT2D eigenvalue weighted by Crippen LogP contribution is 2.23. The van der Waals surface area contributed by atoms with E-state index in [-0.39, 0.29) is 12.5 Å². The lowest BCUT2D eigenvalue weighted by molar-refractivity contribution is -0.302. The van der Waals surface area contributed by atoms with Crippen LogP contribution in [0.5, 0.6) is 0 Å². The zero-order valence-electron chi connectivity index (χ0n) is 44.5. The van der Waals surface area contributed by atoms with Gasteiger partial charge in [-0.05, 0) is 83.5 Å². The number of amides is 1. The smallest absolute Gasteiger partial charge is 0.220 e. The Labute approximate surface area is 428 Å². The fourth-order valence-corrected chi connectivity index (χ4v) is 8.41. The van der Waals surface area contributed by atoms with Crippen molar-refractivity contribution in [1.82, 2.24) is 5.32 Å². The van der Waals surface area contributed by atoms with E-state index in [2.05, 4.69) is 104 Å². The summed E-state index contributed by atoms with van der Waals surface area (Å²) in [6.45, 7) is 3.63. The van der Waals surface area contributed by atoms with Crippen molar-refractivity contribution >= 4 is 5.91 Å². The van der Waals surface area contributed by atoms with Crippen LogP contribution in [0.15, 0.2) is 97.2 Å². The Morgan fingerprint density at radius 1 is 0.500 bits per heavy atom. The van der Waals surface area contributed by atoms with Crippen molar-refractivity contribution in [2.75, 3.05) is 13.2 Å². The number of nitrogens with one attached hydrogen (secondary N) is 1. The van der Waals surface area contributed by atoms with E-state index in [4.69, 9.17) is 9.47 Å². The maximum Gasteiger partial charge on any atom is 0.220 e. The normalized spacial score (nSPS) is 20.1. The summed E-state index contributed by atoms with van der Waals surface area (Å²) in [5.74, 6) is -0.191. The largest absolute Gasteiger partial charge is 0.394 e. The summed E-state index contributed by atoms with van der Waals surface area (Å²) in [6, 6.07) is -0.826. The van der Waals surface area contributed by atoms with E-state index in [1.807, 2.05) is 6.08 Å². The van der Waals surface area contributed by atoms with Gasteiger partial charge < -0.3 is 40.3 Å². The third-order valence-electron chi connectivity index (χ3n) is 12.9. The fourth-order valence-electron chi connectivity index (χ4n) is 8.41. The molecule has 0 radical (unpaired) electrons. The predicted molar refractivity (Wildman–Crippen MR) is 294 cm³/mol. The fraction of sp³-hybridized carbons (Fsp3) is 0.721. The number of aliphatic hydroxyl groups is 5. The van der Waals surface area contributed by atoms with Crippen molar-refractivity contribution in [3.05, 3.63) is 97.2 Å². The molecule has 0 spiro atoms. The van der Waals surface area contributed by atoms with Crippen LogP contribution < -0.4 is 5.32 Å². The molecule has 7 unspecified atom stereocenters. The second-order valence-electron chi connectivity index (χ2n) is 19.3. The molecule has 1 heterocycles. The van der Waals surface area contributed by atoms with Gasteiger partial charge >= 0.3 is 0 Å². The summed E-state index contributed by atoms with van der Waals surface area (Å²) in [5.41, 5.74) is 0. The minimum atomic E-state index is -1.58. The average molecular weight is 981 g/mol. The number of rotatable bonds is 47. The summed E-state index contributed by atoms with van der Waals surface area (Å²) < 4.78 is 11.2. The predicted octanol–water partition coefficient (Wildman–Crippen LogP) is 14.0. The minimum absolute atomic E-state index is 0.191. The Kier molecular flexibility index (Phi) is 46.2. The number of carbonyl (C=O) groups excluding carboxylic acids is 1. The van der Waals surface area contributed by atoms with Crippen molar-refractivity contribution in [1.29, 1.82) is 0 Å². The first-order valence-electron chi connectivity index (χ1n) is 28.5. The molecule has 1 rings (SSSR count). The number of hydrogen-bond acceptors (Lipinski definition) is 8. The van der Waals surface area contributed by atoms with E-state index in [9.17, 15) is 30.3 Å². The second-order valence-corrected chi connectivity index (χ2v) is 19.3. The van der Waals surface area contributed by atoms with Crippen molar-refractivity contribution in [3.63, 3.8) is 0 Å². The molecule has 1 aliphatic heterocycles. The molecule has 1 saturated heterocycles. The van der Waals surface area contributed by atoms with Crippen molar-refractivity contribution in [2.24, 2.45) is 0 Å². The van der Waals surface area contributed by atoms with Gasteiger partial charge in [-0.1, -0.05) is 233 Å². The first-order valence-corrected chi connectivity index (χ1v) is 28.5. The SMILES string of the molecule is CC/C=C\C/C=C\C/C=C\C/C=C\C/C=C\C/C=C\CCCCCCCCCCCCCCCCC(=O)NC(COC1OC(CO)C(O)C(O)C1O)C(O)/C=C/CC/C=C/CCCCCCCCCC. The first-order chi connectivity index (χ1) is 34.3. The molecule has 70 heavy (non-hydrogen) atoms. The lowest BCUT2D eigenvalue weighted by atomic mass is 9.99. The molecule has 0 aliphatic carbocycles. The summed E-state index contributed by atoms with van der Waals surface area (Å²) in [6.07, 6.45) is 64.7. The van der Waals surface area contributed by atoms with Gasteiger partial charge in [0.1, 0.15) is 24.4 Å². The molecule has 0 aromatic heterocycles. The van der Waals surface area contributed by atoms with Crippen LogP contribution in [0.3, 0.4) is 0 Å². The lowest BCUT2D eigenvalue weighted by Crippen LogP contribution is -2.60. The van der Waals surface area contributed by atoms with Gasteiger partial charge in [-0.15, -0.1) is 0 Å². The Morgan fingerprint density at radius 3 is 1.37 bits per heavy atom. The van der Waals surface area contributed by atoms with E-state index in [1.165, 1.54) is 128 Å².